The third-order valence-electron chi connectivity index (χ3n) is 4.93. The molecular formula is C20H29N3OS. The van der Waals surface area contributed by atoms with Crippen molar-refractivity contribution in [1.82, 2.24) is 14.7 Å². The molecule has 2 aromatic heterocycles. The monoisotopic (exact) mass is 359 g/mol. The first kappa shape index (κ1) is 18.2. The van der Waals surface area contributed by atoms with E-state index in [-0.39, 0.29) is 17.5 Å². The zero-order valence-electron chi connectivity index (χ0n) is 16.2. The van der Waals surface area contributed by atoms with Crippen LogP contribution < -0.4 is 0 Å². The third-order valence-corrected chi connectivity index (χ3v) is 5.92. The largest absolute Gasteiger partial charge is 0.330 e. The normalized spacial score (nSPS) is 17.9. The Bertz CT molecular complexity index is 766. The number of aromatic nitrogens is 2. The molecule has 4 nitrogen and oxygen atoms in total. The van der Waals surface area contributed by atoms with Crippen LogP contribution in [-0.2, 0) is 12.0 Å². The molecule has 1 aliphatic rings. The summed E-state index contributed by atoms with van der Waals surface area (Å²) in [5.74, 6) is 0.397. The first-order chi connectivity index (χ1) is 11.7. The van der Waals surface area contributed by atoms with Crippen LogP contribution in [0.15, 0.2) is 17.5 Å². The Labute approximate surface area is 154 Å². The van der Waals surface area contributed by atoms with E-state index in [1.54, 1.807) is 0 Å². The second-order valence-electron chi connectivity index (χ2n) is 8.16. The fourth-order valence-electron chi connectivity index (χ4n) is 3.68. The zero-order chi connectivity index (χ0) is 18.4. The molecule has 0 radical (unpaired) electrons. The van der Waals surface area contributed by atoms with Crippen molar-refractivity contribution in [3.05, 3.63) is 39.3 Å². The number of rotatable bonds is 3. The third kappa shape index (κ3) is 3.26. The molecule has 25 heavy (non-hydrogen) atoms. The Morgan fingerprint density at radius 2 is 2.12 bits per heavy atom. The molecule has 0 N–H and O–H groups in total. The smallest absolute Gasteiger partial charge is 0.274 e. The summed E-state index contributed by atoms with van der Waals surface area (Å²) in [5.41, 5.74) is 2.89. The zero-order valence-corrected chi connectivity index (χ0v) is 17.0. The van der Waals surface area contributed by atoms with Crippen LogP contribution in [0.2, 0.25) is 0 Å². The number of hydrogen-bond donors (Lipinski definition) is 0. The van der Waals surface area contributed by atoms with Crippen molar-refractivity contribution in [3.63, 3.8) is 0 Å². The molecule has 0 spiro atoms. The van der Waals surface area contributed by atoms with E-state index in [4.69, 9.17) is 5.10 Å². The summed E-state index contributed by atoms with van der Waals surface area (Å²) in [7, 11) is 0. The quantitative estimate of drug-likeness (QED) is 0.776. The van der Waals surface area contributed by atoms with Gasteiger partial charge in [0.05, 0.1) is 11.6 Å². The van der Waals surface area contributed by atoms with E-state index in [1.165, 1.54) is 10.4 Å². The van der Waals surface area contributed by atoms with Gasteiger partial charge in [0, 0.05) is 17.1 Å². The van der Waals surface area contributed by atoms with Gasteiger partial charge < -0.3 is 4.90 Å². The van der Waals surface area contributed by atoms with E-state index >= 15 is 0 Å². The van der Waals surface area contributed by atoms with Crippen molar-refractivity contribution >= 4 is 17.2 Å². The average Bonchev–Trinajstić information content (AvgIpc) is 3.19. The highest BCUT2D eigenvalue weighted by Crippen LogP contribution is 2.36. The summed E-state index contributed by atoms with van der Waals surface area (Å²) in [6.07, 6.45) is 1.89. The van der Waals surface area contributed by atoms with Crippen LogP contribution in [0, 0.1) is 0 Å². The van der Waals surface area contributed by atoms with Gasteiger partial charge in [0.1, 0.15) is 0 Å². The molecule has 0 aliphatic carbocycles. The molecule has 0 saturated heterocycles. The molecule has 1 unspecified atom stereocenters. The van der Waals surface area contributed by atoms with Crippen LogP contribution in [0.4, 0.5) is 0 Å². The van der Waals surface area contributed by atoms with Gasteiger partial charge in [-0.25, -0.2) is 0 Å². The summed E-state index contributed by atoms with van der Waals surface area (Å²) in [5, 5.41) is 6.86. The van der Waals surface area contributed by atoms with Gasteiger partial charge >= 0.3 is 0 Å². The average molecular weight is 360 g/mol. The number of amides is 1. The maximum Gasteiger partial charge on any atom is 0.274 e. The predicted octanol–water partition coefficient (Wildman–Crippen LogP) is 4.97. The Morgan fingerprint density at radius 3 is 2.68 bits per heavy atom. The number of carbonyl (C=O) groups is 1. The number of thiophene rings is 1. The van der Waals surface area contributed by atoms with Crippen molar-refractivity contribution in [2.24, 2.45) is 0 Å². The predicted molar refractivity (Wildman–Crippen MR) is 103 cm³/mol. The highest BCUT2D eigenvalue weighted by atomic mass is 32.1. The van der Waals surface area contributed by atoms with Crippen molar-refractivity contribution < 1.29 is 4.79 Å². The number of fused-ring (bicyclic) bond motifs is 1. The van der Waals surface area contributed by atoms with Crippen molar-refractivity contribution in [2.45, 2.75) is 71.9 Å². The summed E-state index contributed by atoms with van der Waals surface area (Å²) < 4.78 is 2.02. The maximum atomic E-state index is 13.3. The highest BCUT2D eigenvalue weighted by Gasteiger charge is 2.33. The van der Waals surface area contributed by atoms with E-state index in [2.05, 4.69) is 53.0 Å². The molecule has 3 rings (SSSR count). The maximum absolute atomic E-state index is 13.3. The van der Waals surface area contributed by atoms with Crippen LogP contribution in [-0.4, -0.2) is 27.1 Å². The fourth-order valence-corrected chi connectivity index (χ4v) is 4.60. The molecule has 0 aromatic carbocycles. The lowest BCUT2D eigenvalue weighted by molar-refractivity contribution is 0.0649. The first-order valence-electron chi connectivity index (χ1n) is 9.21. The number of carbonyl (C=O) groups excluding carboxylic acids is 1. The van der Waals surface area contributed by atoms with E-state index in [9.17, 15) is 4.79 Å². The highest BCUT2D eigenvalue weighted by molar-refractivity contribution is 7.10. The SMILES string of the molecule is CCC1c2ccsc2CCN1C(=O)c1cc(C(C)C)n(C(C)(C)C)n1. The Kier molecular flexibility index (Phi) is 4.80. The molecule has 0 saturated carbocycles. The minimum absolute atomic E-state index is 0.0635. The van der Waals surface area contributed by atoms with Gasteiger partial charge in [0.2, 0.25) is 0 Å². The van der Waals surface area contributed by atoms with Crippen LogP contribution in [0.5, 0.6) is 0 Å². The number of nitrogens with zero attached hydrogens (tertiary/aromatic N) is 3. The van der Waals surface area contributed by atoms with Gasteiger partial charge in [-0.1, -0.05) is 20.8 Å². The lowest BCUT2D eigenvalue weighted by Gasteiger charge is -2.35. The van der Waals surface area contributed by atoms with Crippen LogP contribution in [0.3, 0.4) is 0 Å². The second-order valence-corrected chi connectivity index (χ2v) is 9.16. The van der Waals surface area contributed by atoms with E-state index < -0.39 is 0 Å². The minimum Gasteiger partial charge on any atom is -0.330 e. The van der Waals surface area contributed by atoms with Gasteiger partial charge in [-0.3, -0.25) is 9.48 Å². The van der Waals surface area contributed by atoms with Crippen molar-refractivity contribution in [2.75, 3.05) is 6.54 Å². The summed E-state index contributed by atoms with van der Waals surface area (Å²) in [6.45, 7) is 13.6. The Morgan fingerprint density at radius 1 is 1.40 bits per heavy atom. The fraction of sp³-hybridized carbons (Fsp3) is 0.600. The summed E-state index contributed by atoms with van der Waals surface area (Å²) in [4.78, 5) is 16.7. The molecule has 5 heteroatoms. The Hall–Kier alpha value is -1.62. The van der Waals surface area contributed by atoms with Gasteiger partial charge in [0.15, 0.2) is 5.69 Å². The van der Waals surface area contributed by atoms with Gasteiger partial charge in [-0.05, 0) is 62.6 Å². The first-order valence-corrected chi connectivity index (χ1v) is 10.1. The molecule has 3 heterocycles. The van der Waals surface area contributed by atoms with Crippen LogP contribution in [0.1, 0.15) is 86.5 Å². The van der Waals surface area contributed by atoms with Gasteiger partial charge in [-0.2, -0.15) is 5.10 Å². The summed E-state index contributed by atoms with van der Waals surface area (Å²) in [6, 6.07) is 4.35. The molecule has 136 valence electrons. The molecule has 0 fully saturated rings. The molecule has 0 bridgehead atoms. The van der Waals surface area contributed by atoms with Gasteiger partial charge in [0.25, 0.3) is 5.91 Å². The molecule has 2 aromatic rings. The Balaban J connectivity index is 1.96. The standard InChI is InChI=1S/C20H29N3OS/c1-7-16-14-9-11-25-18(14)8-10-22(16)19(24)15-12-17(13(2)3)23(21-15)20(4,5)6/h9,11-13,16H,7-8,10H2,1-6H3. The minimum atomic E-state index is -0.134. The lowest BCUT2D eigenvalue weighted by Crippen LogP contribution is -2.39. The van der Waals surface area contributed by atoms with Crippen molar-refractivity contribution in [3.8, 4) is 0 Å². The van der Waals surface area contributed by atoms with Crippen LogP contribution >= 0.6 is 11.3 Å². The lowest BCUT2D eigenvalue weighted by atomic mass is 9.97. The summed E-state index contributed by atoms with van der Waals surface area (Å²) >= 11 is 1.81. The second kappa shape index (κ2) is 6.60. The van der Waals surface area contributed by atoms with Crippen LogP contribution in [0.25, 0.3) is 0 Å². The molecule has 1 atom stereocenters. The van der Waals surface area contributed by atoms with E-state index in [1.807, 2.05) is 27.0 Å². The van der Waals surface area contributed by atoms with Crippen molar-refractivity contribution in [1.29, 1.82) is 0 Å². The molecule has 1 amide bonds. The van der Waals surface area contributed by atoms with Gasteiger partial charge in [-0.15, -0.1) is 11.3 Å². The topological polar surface area (TPSA) is 38.1 Å². The van der Waals surface area contributed by atoms with E-state index in [0.29, 0.717) is 11.6 Å². The van der Waals surface area contributed by atoms with E-state index in [0.717, 1.165) is 25.1 Å². The molecular weight excluding hydrogens is 330 g/mol. The molecule has 1 aliphatic heterocycles. The number of hydrogen-bond acceptors (Lipinski definition) is 3.